The third-order valence-electron chi connectivity index (χ3n) is 7.00. The standard InChI is InChI=1S/C28H38ClN3O4S/c1-5-25(28(34)30-23-15-7-6-8-16-23)31(18-22-14-9-10-17-24(22)29)26(33)19-32(37(4,35)36)27-20(2)12-11-13-21(27)3/h9-14,17,23,25H,5-8,15-16,18-19H2,1-4H3,(H,30,34)/t25-/m1/s1. The maximum absolute atomic E-state index is 13.9. The van der Waals surface area contributed by atoms with Crippen LogP contribution < -0.4 is 9.62 Å². The number of nitrogens with zero attached hydrogens (tertiary/aromatic N) is 2. The van der Waals surface area contributed by atoms with Crippen molar-refractivity contribution >= 4 is 39.1 Å². The van der Waals surface area contributed by atoms with Gasteiger partial charge in [-0.2, -0.15) is 0 Å². The zero-order valence-electron chi connectivity index (χ0n) is 22.2. The Kier molecular flexibility index (Phi) is 10.0. The highest BCUT2D eigenvalue weighted by Gasteiger charge is 2.33. The lowest BCUT2D eigenvalue weighted by Gasteiger charge is -2.35. The van der Waals surface area contributed by atoms with Crippen LogP contribution in [0.25, 0.3) is 0 Å². The minimum absolute atomic E-state index is 0.0923. The molecule has 0 unspecified atom stereocenters. The third kappa shape index (κ3) is 7.48. The molecule has 1 N–H and O–H groups in total. The summed E-state index contributed by atoms with van der Waals surface area (Å²) in [5.41, 5.74) is 2.67. The molecule has 0 bridgehead atoms. The minimum atomic E-state index is -3.79. The van der Waals surface area contributed by atoms with Crippen molar-refractivity contribution in [1.29, 1.82) is 0 Å². The lowest BCUT2D eigenvalue weighted by Crippen LogP contribution is -2.54. The van der Waals surface area contributed by atoms with Crippen LogP contribution in [0.4, 0.5) is 5.69 Å². The Hall–Kier alpha value is -2.58. The molecule has 2 amide bonds. The van der Waals surface area contributed by atoms with Crippen molar-refractivity contribution in [3.05, 3.63) is 64.2 Å². The molecule has 1 aliphatic carbocycles. The molecule has 0 aliphatic heterocycles. The Labute approximate surface area is 226 Å². The van der Waals surface area contributed by atoms with E-state index in [1.807, 2.05) is 51.1 Å². The fourth-order valence-corrected chi connectivity index (χ4v) is 6.21. The second-order valence-corrected chi connectivity index (χ2v) is 12.2. The summed E-state index contributed by atoms with van der Waals surface area (Å²) in [5, 5.41) is 3.63. The highest BCUT2D eigenvalue weighted by atomic mass is 35.5. The number of aryl methyl sites for hydroxylation is 2. The molecule has 0 spiro atoms. The molecule has 1 saturated carbocycles. The largest absolute Gasteiger partial charge is 0.352 e. The van der Waals surface area contributed by atoms with Gasteiger partial charge in [-0.1, -0.05) is 74.2 Å². The topological polar surface area (TPSA) is 86.8 Å². The number of hydrogen-bond acceptors (Lipinski definition) is 4. The molecule has 2 aromatic rings. The van der Waals surface area contributed by atoms with Crippen LogP contribution in [0.2, 0.25) is 5.02 Å². The fraction of sp³-hybridized carbons (Fsp3) is 0.500. The van der Waals surface area contributed by atoms with Crippen molar-refractivity contribution in [1.82, 2.24) is 10.2 Å². The van der Waals surface area contributed by atoms with Crippen molar-refractivity contribution in [3.63, 3.8) is 0 Å². The fourth-order valence-electron chi connectivity index (χ4n) is 5.05. The van der Waals surface area contributed by atoms with Crippen LogP contribution in [0.1, 0.15) is 62.1 Å². The van der Waals surface area contributed by atoms with Crippen molar-refractivity contribution in [2.24, 2.45) is 0 Å². The van der Waals surface area contributed by atoms with Gasteiger partial charge in [0.25, 0.3) is 0 Å². The quantitative estimate of drug-likeness (QED) is 0.454. The normalized spacial score (nSPS) is 15.2. The number of anilines is 1. The molecule has 2 aromatic carbocycles. The number of carbonyl (C=O) groups excluding carboxylic acids is 2. The predicted octanol–water partition coefficient (Wildman–Crippen LogP) is 4.98. The van der Waals surface area contributed by atoms with E-state index in [0.717, 1.165) is 47.4 Å². The second kappa shape index (κ2) is 12.8. The minimum Gasteiger partial charge on any atom is -0.352 e. The molecule has 7 nitrogen and oxygen atoms in total. The van der Waals surface area contributed by atoms with Crippen LogP contribution in [0, 0.1) is 13.8 Å². The van der Waals surface area contributed by atoms with Gasteiger partial charge in [0, 0.05) is 17.6 Å². The first-order valence-electron chi connectivity index (χ1n) is 12.9. The van der Waals surface area contributed by atoms with Crippen LogP contribution in [0.15, 0.2) is 42.5 Å². The van der Waals surface area contributed by atoms with E-state index < -0.39 is 28.5 Å². The number of halogens is 1. The smallest absolute Gasteiger partial charge is 0.244 e. The number of amides is 2. The lowest BCUT2D eigenvalue weighted by atomic mass is 9.95. The summed E-state index contributed by atoms with van der Waals surface area (Å²) in [7, 11) is -3.79. The van der Waals surface area contributed by atoms with Crippen LogP contribution in [0.3, 0.4) is 0 Å². The Morgan fingerprint density at radius 3 is 2.22 bits per heavy atom. The third-order valence-corrected chi connectivity index (χ3v) is 8.49. The Bertz CT molecular complexity index is 1190. The van der Waals surface area contributed by atoms with Gasteiger partial charge in [0.1, 0.15) is 12.6 Å². The van der Waals surface area contributed by atoms with Gasteiger partial charge in [-0.15, -0.1) is 0 Å². The Balaban J connectivity index is 1.96. The van der Waals surface area contributed by atoms with Gasteiger partial charge in [-0.25, -0.2) is 8.42 Å². The molecule has 3 rings (SSSR count). The summed E-state index contributed by atoms with van der Waals surface area (Å²) >= 11 is 6.43. The summed E-state index contributed by atoms with van der Waals surface area (Å²) in [6.45, 7) is 5.18. The molecule has 202 valence electrons. The number of sulfonamides is 1. The average molecular weight is 548 g/mol. The van der Waals surface area contributed by atoms with E-state index in [-0.39, 0.29) is 18.5 Å². The summed E-state index contributed by atoms with van der Waals surface area (Å²) in [6, 6.07) is 12.0. The molecular weight excluding hydrogens is 510 g/mol. The van der Waals surface area contributed by atoms with Gasteiger partial charge in [0.2, 0.25) is 21.8 Å². The highest BCUT2D eigenvalue weighted by Crippen LogP contribution is 2.28. The SMILES string of the molecule is CC[C@H](C(=O)NC1CCCCC1)N(Cc1ccccc1Cl)C(=O)CN(c1c(C)cccc1C)S(C)(=O)=O. The van der Waals surface area contributed by atoms with E-state index in [4.69, 9.17) is 11.6 Å². The van der Waals surface area contributed by atoms with Gasteiger partial charge in [0.05, 0.1) is 11.9 Å². The molecular formula is C28H38ClN3O4S. The van der Waals surface area contributed by atoms with E-state index in [9.17, 15) is 18.0 Å². The molecule has 0 radical (unpaired) electrons. The van der Waals surface area contributed by atoms with E-state index in [1.54, 1.807) is 12.1 Å². The van der Waals surface area contributed by atoms with E-state index in [1.165, 1.54) is 11.3 Å². The Morgan fingerprint density at radius 2 is 1.65 bits per heavy atom. The number of hydrogen-bond donors (Lipinski definition) is 1. The van der Waals surface area contributed by atoms with Crippen molar-refractivity contribution in [3.8, 4) is 0 Å². The molecule has 1 aliphatic rings. The maximum atomic E-state index is 13.9. The molecule has 0 aromatic heterocycles. The summed E-state index contributed by atoms with van der Waals surface area (Å²) in [6.07, 6.45) is 6.64. The van der Waals surface area contributed by atoms with Gasteiger partial charge in [0.15, 0.2) is 0 Å². The second-order valence-electron chi connectivity index (χ2n) is 9.89. The van der Waals surface area contributed by atoms with Crippen LogP contribution in [-0.2, 0) is 26.2 Å². The van der Waals surface area contributed by atoms with Gasteiger partial charge < -0.3 is 10.2 Å². The van der Waals surface area contributed by atoms with Gasteiger partial charge >= 0.3 is 0 Å². The number of carbonyl (C=O) groups is 2. The highest BCUT2D eigenvalue weighted by molar-refractivity contribution is 7.92. The summed E-state index contributed by atoms with van der Waals surface area (Å²) < 4.78 is 26.9. The number of benzene rings is 2. The monoisotopic (exact) mass is 547 g/mol. The first kappa shape index (κ1) is 29.0. The van der Waals surface area contributed by atoms with Gasteiger partial charge in [-0.05, 0) is 55.9 Å². The summed E-state index contributed by atoms with van der Waals surface area (Å²) in [5.74, 6) is -0.675. The number of rotatable bonds is 10. The molecule has 1 atom stereocenters. The first-order valence-corrected chi connectivity index (χ1v) is 15.1. The van der Waals surface area contributed by atoms with Crippen molar-refractivity contribution in [2.75, 3.05) is 17.1 Å². The predicted molar refractivity (Wildman–Crippen MR) is 149 cm³/mol. The zero-order chi connectivity index (χ0) is 27.2. The lowest BCUT2D eigenvalue weighted by molar-refractivity contribution is -0.140. The van der Waals surface area contributed by atoms with E-state index >= 15 is 0 Å². The van der Waals surface area contributed by atoms with Gasteiger partial charge in [-0.3, -0.25) is 13.9 Å². The first-order chi connectivity index (χ1) is 17.5. The molecule has 1 fully saturated rings. The van der Waals surface area contributed by atoms with E-state index in [2.05, 4.69) is 5.32 Å². The number of nitrogens with one attached hydrogen (secondary N) is 1. The molecule has 0 heterocycles. The maximum Gasteiger partial charge on any atom is 0.244 e. The van der Waals surface area contributed by atoms with Crippen molar-refractivity contribution < 1.29 is 18.0 Å². The van der Waals surface area contributed by atoms with Crippen LogP contribution >= 0.6 is 11.6 Å². The Morgan fingerprint density at radius 1 is 1.03 bits per heavy atom. The zero-order valence-corrected chi connectivity index (χ0v) is 23.7. The molecule has 37 heavy (non-hydrogen) atoms. The molecule has 0 saturated heterocycles. The summed E-state index contributed by atoms with van der Waals surface area (Å²) in [4.78, 5) is 28.8. The molecule has 9 heteroatoms. The van der Waals surface area contributed by atoms with Crippen molar-refractivity contribution in [2.45, 2.75) is 77.9 Å². The van der Waals surface area contributed by atoms with E-state index in [0.29, 0.717) is 22.7 Å². The van der Waals surface area contributed by atoms with Crippen LogP contribution in [0.5, 0.6) is 0 Å². The van der Waals surface area contributed by atoms with Crippen LogP contribution in [-0.4, -0.2) is 50.0 Å². The number of para-hydroxylation sites is 1. The average Bonchev–Trinajstić information content (AvgIpc) is 2.84.